The van der Waals surface area contributed by atoms with Crippen molar-refractivity contribution >= 4 is 11.6 Å². The fourth-order valence-electron chi connectivity index (χ4n) is 1.30. The lowest BCUT2D eigenvalue weighted by molar-refractivity contribution is -0.137. The van der Waals surface area contributed by atoms with Crippen LogP contribution in [0.1, 0.15) is 18.1 Å². The Labute approximate surface area is 102 Å². The molecule has 0 radical (unpaired) electrons. The molecule has 0 aliphatic heterocycles. The van der Waals surface area contributed by atoms with Crippen molar-refractivity contribution in [3.63, 3.8) is 0 Å². The van der Waals surface area contributed by atoms with Gasteiger partial charge in [0.1, 0.15) is 0 Å². The molecule has 1 aromatic carbocycles. The van der Waals surface area contributed by atoms with Gasteiger partial charge >= 0.3 is 6.18 Å². The molecule has 100 valence electrons. The average molecular weight is 261 g/mol. The third kappa shape index (κ3) is 3.71. The van der Waals surface area contributed by atoms with Crippen molar-refractivity contribution in [3.8, 4) is 0 Å². The van der Waals surface area contributed by atoms with Crippen LogP contribution < -0.4 is 16.8 Å². The maximum Gasteiger partial charge on any atom is 0.416 e. The second kappa shape index (κ2) is 5.36. The van der Waals surface area contributed by atoms with Crippen LogP contribution in [-0.2, 0) is 17.5 Å². The fourth-order valence-corrected chi connectivity index (χ4v) is 1.30. The van der Waals surface area contributed by atoms with Crippen LogP contribution in [0, 0.1) is 0 Å². The summed E-state index contributed by atoms with van der Waals surface area (Å²) in [6, 6.07) is 2.37. The molecule has 0 unspecified atom stereocenters. The Kier molecular flexibility index (Phi) is 4.31. The fraction of sp³-hybridized carbons (Fsp3) is 0.364. The highest BCUT2D eigenvalue weighted by Gasteiger charge is 2.31. The Bertz CT molecular complexity index is 444. The summed E-state index contributed by atoms with van der Waals surface area (Å²) >= 11 is 0. The van der Waals surface area contributed by atoms with E-state index >= 15 is 0 Å². The first-order valence-electron chi connectivity index (χ1n) is 5.21. The number of nitrogens with one attached hydrogen (secondary N) is 1. The van der Waals surface area contributed by atoms with E-state index < -0.39 is 23.7 Å². The van der Waals surface area contributed by atoms with Crippen molar-refractivity contribution in [2.75, 3.05) is 5.32 Å². The minimum atomic E-state index is -4.49. The molecule has 18 heavy (non-hydrogen) atoms. The van der Waals surface area contributed by atoms with E-state index in [-0.39, 0.29) is 17.8 Å². The van der Waals surface area contributed by atoms with Crippen LogP contribution >= 0.6 is 0 Å². The summed E-state index contributed by atoms with van der Waals surface area (Å²) in [6.07, 6.45) is -4.49. The van der Waals surface area contributed by atoms with Gasteiger partial charge < -0.3 is 16.8 Å². The van der Waals surface area contributed by atoms with E-state index in [9.17, 15) is 18.0 Å². The number of anilines is 1. The van der Waals surface area contributed by atoms with E-state index in [4.69, 9.17) is 11.5 Å². The predicted molar refractivity (Wildman–Crippen MR) is 61.6 cm³/mol. The molecule has 1 aromatic rings. The summed E-state index contributed by atoms with van der Waals surface area (Å²) in [5, 5.41) is 2.31. The molecule has 0 saturated heterocycles. The molecule has 1 rings (SSSR count). The summed E-state index contributed by atoms with van der Waals surface area (Å²) < 4.78 is 37.8. The number of hydrogen-bond acceptors (Lipinski definition) is 3. The molecule has 0 spiro atoms. The minimum absolute atomic E-state index is 0.0348. The molecule has 7 heteroatoms. The highest BCUT2D eigenvalue weighted by atomic mass is 19.4. The SMILES string of the molecule is C[C@@H](N)C(=O)Nc1cc(CN)cc(C(F)(F)F)c1. The van der Waals surface area contributed by atoms with Crippen molar-refractivity contribution in [2.45, 2.75) is 25.7 Å². The topological polar surface area (TPSA) is 81.1 Å². The third-order valence-corrected chi connectivity index (χ3v) is 2.24. The van der Waals surface area contributed by atoms with E-state index in [1.54, 1.807) is 0 Å². The molecule has 5 N–H and O–H groups in total. The van der Waals surface area contributed by atoms with Gasteiger partial charge in [-0.1, -0.05) is 0 Å². The van der Waals surface area contributed by atoms with Gasteiger partial charge in [-0.15, -0.1) is 0 Å². The molecule has 0 aromatic heterocycles. The molecule has 0 fully saturated rings. The van der Waals surface area contributed by atoms with E-state index in [0.29, 0.717) is 0 Å². The van der Waals surface area contributed by atoms with Crippen molar-refractivity contribution < 1.29 is 18.0 Å². The first-order chi connectivity index (χ1) is 8.24. The lowest BCUT2D eigenvalue weighted by atomic mass is 10.1. The zero-order chi connectivity index (χ0) is 13.9. The number of amides is 1. The van der Waals surface area contributed by atoms with Crippen molar-refractivity contribution in [2.24, 2.45) is 11.5 Å². The number of alkyl halides is 3. The Morgan fingerprint density at radius 2 is 2.00 bits per heavy atom. The number of carbonyl (C=O) groups is 1. The molecule has 0 bridgehead atoms. The number of rotatable bonds is 3. The van der Waals surface area contributed by atoms with Crippen LogP contribution in [0.5, 0.6) is 0 Å². The Morgan fingerprint density at radius 3 is 2.44 bits per heavy atom. The summed E-state index contributed by atoms with van der Waals surface area (Å²) in [4.78, 5) is 11.3. The molecule has 0 heterocycles. The number of benzene rings is 1. The summed E-state index contributed by atoms with van der Waals surface area (Å²) in [5.41, 5.74) is 10.1. The maximum absolute atomic E-state index is 12.6. The molecule has 1 amide bonds. The molecule has 4 nitrogen and oxygen atoms in total. The molecule has 0 aliphatic carbocycles. The Hall–Kier alpha value is -1.60. The zero-order valence-corrected chi connectivity index (χ0v) is 9.71. The second-order valence-corrected chi connectivity index (χ2v) is 3.90. The van der Waals surface area contributed by atoms with Crippen molar-refractivity contribution in [1.29, 1.82) is 0 Å². The summed E-state index contributed by atoms with van der Waals surface area (Å²) in [6.45, 7) is 1.39. The maximum atomic E-state index is 12.6. The van der Waals surface area contributed by atoms with E-state index in [1.165, 1.54) is 13.0 Å². The van der Waals surface area contributed by atoms with E-state index in [1.807, 2.05) is 0 Å². The first kappa shape index (κ1) is 14.5. The summed E-state index contributed by atoms with van der Waals surface area (Å²) in [5.74, 6) is -0.558. The second-order valence-electron chi connectivity index (χ2n) is 3.90. The van der Waals surface area contributed by atoms with Gasteiger partial charge in [0.05, 0.1) is 11.6 Å². The van der Waals surface area contributed by atoms with E-state index in [2.05, 4.69) is 5.32 Å². The normalized spacial score (nSPS) is 13.2. The van der Waals surface area contributed by atoms with E-state index in [0.717, 1.165) is 12.1 Å². The van der Waals surface area contributed by atoms with Crippen LogP contribution in [0.15, 0.2) is 18.2 Å². The minimum Gasteiger partial charge on any atom is -0.326 e. The standard InChI is InChI=1S/C11H14F3N3O/c1-6(16)10(18)17-9-3-7(5-15)2-8(4-9)11(12,13)14/h2-4,6H,5,15-16H2,1H3,(H,17,18)/t6-/m1/s1. The lowest BCUT2D eigenvalue weighted by Gasteiger charge is -2.13. The zero-order valence-electron chi connectivity index (χ0n) is 9.71. The Balaban J connectivity index is 3.09. The number of halogens is 3. The molecule has 0 saturated carbocycles. The molecule has 1 atom stereocenters. The van der Waals surface area contributed by atoms with Crippen LogP contribution in [0.3, 0.4) is 0 Å². The van der Waals surface area contributed by atoms with Gasteiger partial charge in [0, 0.05) is 12.2 Å². The largest absolute Gasteiger partial charge is 0.416 e. The lowest BCUT2D eigenvalue weighted by Crippen LogP contribution is -2.32. The smallest absolute Gasteiger partial charge is 0.326 e. The highest BCUT2D eigenvalue weighted by Crippen LogP contribution is 2.31. The first-order valence-corrected chi connectivity index (χ1v) is 5.21. The Morgan fingerprint density at radius 1 is 1.39 bits per heavy atom. The van der Waals surface area contributed by atoms with Crippen molar-refractivity contribution in [1.82, 2.24) is 0 Å². The van der Waals surface area contributed by atoms with Crippen molar-refractivity contribution in [3.05, 3.63) is 29.3 Å². The average Bonchev–Trinajstić information content (AvgIpc) is 2.27. The summed E-state index contributed by atoms with van der Waals surface area (Å²) in [7, 11) is 0. The van der Waals surface area contributed by atoms with Crippen LogP contribution in [-0.4, -0.2) is 11.9 Å². The van der Waals surface area contributed by atoms with Gasteiger partial charge in [-0.05, 0) is 30.7 Å². The molecular formula is C11H14F3N3O. The predicted octanol–water partition coefficient (Wildman–Crippen LogP) is 1.45. The van der Waals surface area contributed by atoms with Crippen LogP contribution in [0.25, 0.3) is 0 Å². The van der Waals surface area contributed by atoms with Gasteiger partial charge in [0.25, 0.3) is 0 Å². The van der Waals surface area contributed by atoms with Gasteiger partial charge in [-0.2, -0.15) is 13.2 Å². The highest BCUT2D eigenvalue weighted by molar-refractivity contribution is 5.94. The van der Waals surface area contributed by atoms with Gasteiger partial charge in [0.15, 0.2) is 0 Å². The van der Waals surface area contributed by atoms with Gasteiger partial charge in [-0.25, -0.2) is 0 Å². The quantitative estimate of drug-likeness (QED) is 0.770. The van der Waals surface area contributed by atoms with Crippen LogP contribution in [0.4, 0.5) is 18.9 Å². The number of hydrogen-bond donors (Lipinski definition) is 3. The van der Waals surface area contributed by atoms with Gasteiger partial charge in [-0.3, -0.25) is 4.79 Å². The molecular weight excluding hydrogens is 247 g/mol. The number of nitrogens with two attached hydrogens (primary N) is 2. The van der Waals surface area contributed by atoms with Crippen LogP contribution in [0.2, 0.25) is 0 Å². The molecule has 0 aliphatic rings. The number of carbonyl (C=O) groups excluding carboxylic acids is 1. The van der Waals surface area contributed by atoms with Gasteiger partial charge in [0.2, 0.25) is 5.91 Å². The monoisotopic (exact) mass is 261 g/mol. The third-order valence-electron chi connectivity index (χ3n) is 2.24.